The first-order chi connectivity index (χ1) is 16.4. The molecule has 3 N–H and O–H groups in total. The maximum atomic E-state index is 12.4. The van der Waals surface area contributed by atoms with Crippen molar-refractivity contribution in [1.82, 2.24) is 4.68 Å². The number of alkyl halides is 2. The zero-order chi connectivity index (χ0) is 24.1. The number of halogens is 2. The molecule has 2 heterocycles. The minimum absolute atomic E-state index is 0.00769. The molecule has 1 atom stereocenters. The maximum absolute atomic E-state index is 12.4. The molecule has 4 rings (SSSR count). The van der Waals surface area contributed by atoms with Gasteiger partial charge in [0.15, 0.2) is 0 Å². The molecule has 178 valence electrons. The molecule has 1 aliphatic rings. The van der Waals surface area contributed by atoms with Gasteiger partial charge in [0.25, 0.3) is 5.91 Å². The summed E-state index contributed by atoms with van der Waals surface area (Å²) in [6.45, 7) is -1.69. The molecule has 0 radical (unpaired) electrons. The lowest BCUT2D eigenvalue weighted by molar-refractivity contribution is -0.0498. The SMILES string of the molecule is NC(=O)c1cc(-c2csc(=NC[C@H]3CCCO3)n2/N=C\c2ccc(OC(F)F)cc2)ccc1O. The quantitative estimate of drug-likeness (QED) is 0.472. The first kappa shape index (κ1) is 23.6. The van der Waals surface area contributed by atoms with Crippen LogP contribution in [0.4, 0.5) is 8.78 Å². The number of benzene rings is 2. The molecule has 2 aromatic carbocycles. The second kappa shape index (κ2) is 10.6. The normalized spacial score (nSPS) is 16.6. The van der Waals surface area contributed by atoms with Gasteiger partial charge in [-0.25, -0.2) is 4.68 Å². The number of aromatic hydroxyl groups is 1. The Bertz CT molecular complexity index is 1250. The largest absolute Gasteiger partial charge is 0.507 e. The molecule has 1 saturated heterocycles. The molecule has 1 aliphatic heterocycles. The number of hydrogen-bond donors (Lipinski definition) is 2. The van der Waals surface area contributed by atoms with Crippen LogP contribution in [0.25, 0.3) is 11.3 Å². The van der Waals surface area contributed by atoms with Crippen molar-refractivity contribution < 1.29 is 28.2 Å². The van der Waals surface area contributed by atoms with Gasteiger partial charge in [-0.05, 0) is 60.9 Å². The Balaban J connectivity index is 1.70. The van der Waals surface area contributed by atoms with Gasteiger partial charge in [0.2, 0.25) is 4.80 Å². The van der Waals surface area contributed by atoms with Crippen molar-refractivity contribution in [2.24, 2.45) is 15.8 Å². The fourth-order valence-corrected chi connectivity index (χ4v) is 4.29. The van der Waals surface area contributed by atoms with Gasteiger partial charge in [-0.2, -0.15) is 13.9 Å². The Hall–Kier alpha value is -3.57. The van der Waals surface area contributed by atoms with Crippen LogP contribution in [0.3, 0.4) is 0 Å². The number of nitrogens with zero attached hydrogens (tertiary/aromatic N) is 3. The molecule has 0 spiro atoms. The summed E-state index contributed by atoms with van der Waals surface area (Å²) in [7, 11) is 0. The lowest BCUT2D eigenvalue weighted by Gasteiger charge is -2.08. The van der Waals surface area contributed by atoms with Crippen molar-refractivity contribution in [3.63, 3.8) is 0 Å². The van der Waals surface area contributed by atoms with Gasteiger partial charge in [-0.15, -0.1) is 11.3 Å². The van der Waals surface area contributed by atoms with Crippen LogP contribution in [-0.2, 0) is 4.74 Å². The molecule has 11 heteroatoms. The number of hydrogen-bond acceptors (Lipinski definition) is 7. The van der Waals surface area contributed by atoms with Gasteiger partial charge in [-0.1, -0.05) is 0 Å². The molecule has 1 amide bonds. The number of ether oxygens (including phenoxy) is 2. The first-order valence-corrected chi connectivity index (χ1v) is 11.3. The summed E-state index contributed by atoms with van der Waals surface area (Å²) < 4.78 is 36.4. The highest BCUT2D eigenvalue weighted by Gasteiger charge is 2.16. The molecule has 0 unspecified atom stereocenters. The van der Waals surface area contributed by atoms with Gasteiger partial charge < -0.3 is 20.3 Å². The summed E-state index contributed by atoms with van der Waals surface area (Å²) in [5.74, 6) is -0.915. The van der Waals surface area contributed by atoms with Crippen molar-refractivity contribution in [3.05, 3.63) is 63.8 Å². The highest BCUT2D eigenvalue weighted by Crippen LogP contribution is 2.26. The molecule has 8 nitrogen and oxygen atoms in total. The lowest BCUT2D eigenvalue weighted by atomic mass is 10.1. The summed E-state index contributed by atoms with van der Waals surface area (Å²) in [6, 6.07) is 10.6. The molecular formula is C23H22F2N4O4S. The minimum Gasteiger partial charge on any atom is -0.507 e. The predicted octanol–water partition coefficient (Wildman–Crippen LogP) is 3.58. The standard InChI is InChI=1S/C23H22F2N4O4S/c24-22(25)33-16-6-3-14(4-7-16)11-28-29-19(15-5-8-20(30)18(10-15)21(26)31)13-34-23(29)27-12-17-2-1-9-32-17/h3-8,10-11,13,17,22,30H,1-2,9,12H2,(H2,26,31)/b27-23?,28-11-/t17-/m1/s1. The van der Waals surface area contributed by atoms with E-state index in [-0.39, 0.29) is 23.2 Å². The van der Waals surface area contributed by atoms with Crippen molar-refractivity contribution >= 4 is 23.5 Å². The fraction of sp³-hybridized carbons (Fsp3) is 0.261. The van der Waals surface area contributed by atoms with E-state index in [1.165, 1.54) is 35.6 Å². The average Bonchev–Trinajstić information content (AvgIpc) is 3.47. The Labute approximate surface area is 197 Å². The van der Waals surface area contributed by atoms with Crippen LogP contribution in [0.5, 0.6) is 11.5 Å². The number of amides is 1. The zero-order valence-electron chi connectivity index (χ0n) is 17.9. The van der Waals surface area contributed by atoms with Crippen LogP contribution in [0, 0.1) is 0 Å². The number of aromatic nitrogens is 1. The number of nitrogens with two attached hydrogens (primary N) is 1. The van der Waals surface area contributed by atoms with E-state index in [9.17, 15) is 18.7 Å². The van der Waals surface area contributed by atoms with Crippen molar-refractivity contribution in [2.75, 3.05) is 13.2 Å². The van der Waals surface area contributed by atoms with E-state index in [0.717, 1.165) is 19.4 Å². The Morgan fingerprint density at radius 3 is 2.79 bits per heavy atom. The van der Waals surface area contributed by atoms with Gasteiger partial charge in [-0.3, -0.25) is 9.79 Å². The van der Waals surface area contributed by atoms with Crippen LogP contribution in [0.15, 0.2) is 57.9 Å². The smallest absolute Gasteiger partial charge is 0.387 e. The summed E-state index contributed by atoms with van der Waals surface area (Å²) in [5.41, 5.74) is 7.26. The van der Waals surface area contributed by atoms with E-state index in [2.05, 4.69) is 14.8 Å². The Morgan fingerprint density at radius 1 is 1.32 bits per heavy atom. The average molecular weight is 489 g/mol. The monoisotopic (exact) mass is 488 g/mol. The lowest BCUT2D eigenvalue weighted by Crippen LogP contribution is -2.17. The van der Waals surface area contributed by atoms with Gasteiger partial charge >= 0.3 is 6.61 Å². The van der Waals surface area contributed by atoms with E-state index in [0.29, 0.717) is 28.2 Å². The van der Waals surface area contributed by atoms with Gasteiger partial charge in [0.05, 0.1) is 30.1 Å². The second-order valence-corrected chi connectivity index (χ2v) is 8.32. The second-order valence-electron chi connectivity index (χ2n) is 7.48. The zero-order valence-corrected chi connectivity index (χ0v) is 18.8. The van der Waals surface area contributed by atoms with E-state index in [1.54, 1.807) is 29.1 Å². The minimum atomic E-state index is -2.90. The van der Waals surface area contributed by atoms with Crippen molar-refractivity contribution in [1.29, 1.82) is 0 Å². The summed E-state index contributed by atoms with van der Waals surface area (Å²) >= 11 is 1.36. The van der Waals surface area contributed by atoms with Crippen molar-refractivity contribution in [2.45, 2.75) is 25.6 Å². The third kappa shape index (κ3) is 5.67. The molecule has 0 aliphatic carbocycles. The molecule has 1 fully saturated rings. The van der Waals surface area contributed by atoms with Crippen LogP contribution in [0.2, 0.25) is 0 Å². The first-order valence-electron chi connectivity index (χ1n) is 10.5. The highest BCUT2D eigenvalue weighted by atomic mass is 32.1. The number of thiazole rings is 1. The summed E-state index contributed by atoms with van der Waals surface area (Å²) in [4.78, 5) is 17.0. The highest BCUT2D eigenvalue weighted by molar-refractivity contribution is 7.07. The summed E-state index contributed by atoms with van der Waals surface area (Å²) in [5, 5.41) is 16.3. The van der Waals surface area contributed by atoms with Gasteiger partial charge in [0.1, 0.15) is 11.5 Å². The molecule has 0 bridgehead atoms. The molecule has 3 aromatic rings. The molecule has 1 aromatic heterocycles. The number of primary amides is 1. The topological polar surface area (TPSA) is 111 Å². The third-order valence-electron chi connectivity index (χ3n) is 5.12. The van der Waals surface area contributed by atoms with E-state index in [1.807, 2.05) is 5.38 Å². The number of phenols is 1. The van der Waals surface area contributed by atoms with E-state index < -0.39 is 12.5 Å². The van der Waals surface area contributed by atoms with Crippen molar-refractivity contribution in [3.8, 4) is 22.8 Å². The Morgan fingerprint density at radius 2 is 2.12 bits per heavy atom. The molecular weight excluding hydrogens is 466 g/mol. The predicted molar refractivity (Wildman–Crippen MR) is 123 cm³/mol. The van der Waals surface area contributed by atoms with Crippen LogP contribution in [-0.4, -0.2) is 47.8 Å². The summed E-state index contributed by atoms with van der Waals surface area (Å²) in [6.07, 6.45) is 3.56. The number of rotatable bonds is 8. The van der Waals surface area contributed by atoms with Crippen LogP contribution >= 0.6 is 11.3 Å². The van der Waals surface area contributed by atoms with E-state index in [4.69, 9.17) is 10.5 Å². The van der Waals surface area contributed by atoms with Gasteiger partial charge in [0, 0.05) is 17.6 Å². The van der Waals surface area contributed by atoms with Crippen LogP contribution < -0.4 is 15.3 Å². The fourth-order valence-electron chi connectivity index (χ4n) is 3.44. The Kier molecular flexibility index (Phi) is 7.33. The molecule has 0 saturated carbocycles. The van der Waals surface area contributed by atoms with Crippen LogP contribution in [0.1, 0.15) is 28.8 Å². The number of carbonyl (C=O) groups is 1. The number of carbonyl (C=O) groups excluding carboxylic acids is 1. The maximum Gasteiger partial charge on any atom is 0.387 e. The molecule has 34 heavy (non-hydrogen) atoms. The van der Waals surface area contributed by atoms with E-state index >= 15 is 0 Å². The third-order valence-corrected chi connectivity index (χ3v) is 5.98.